The number of benzene rings is 2. The Balaban J connectivity index is 1.88. The number of carbonyl (C=O) groups excluding carboxylic acids is 1. The number of nitrogens with one attached hydrogen (secondary N) is 1. The molecule has 0 bridgehead atoms. The van der Waals surface area contributed by atoms with Gasteiger partial charge in [-0.1, -0.05) is 32.0 Å². The van der Waals surface area contributed by atoms with Crippen LogP contribution in [-0.2, 0) is 11.2 Å². The Morgan fingerprint density at radius 2 is 1.79 bits per heavy atom. The van der Waals surface area contributed by atoms with Crippen LogP contribution in [0.3, 0.4) is 0 Å². The van der Waals surface area contributed by atoms with Crippen molar-refractivity contribution in [3.8, 4) is 17.2 Å². The van der Waals surface area contributed by atoms with Gasteiger partial charge in [0.25, 0.3) is 5.91 Å². The fourth-order valence-corrected chi connectivity index (χ4v) is 2.74. The van der Waals surface area contributed by atoms with E-state index in [0.29, 0.717) is 24.6 Å². The number of rotatable bonds is 10. The van der Waals surface area contributed by atoms with E-state index in [1.165, 1.54) is 13.2 Å². The van der Waals surface area contributed by atoms with Crippen molar-refractivity contribution in [3.63, 3.8) is 0 Å². The molecule has 1 atom stereocenters. The van der Waals surface area contributed by atoms with Crippen LogP contribution in [-0.4, -0.2) is 32.3 Å². The minimum Gasteiger partial charge on any atom is -0.493 e. The van der Waals surface area contributed by atoms with Crippen molar-refractivity contribution in [3.05, 3.63) is 53.6 Å². The van der Waals surface area contributed by atoms with Gasteiger partial charge in [0.2, 0.25) is 0 Å². The number of halogens is 2. The zero-order chi connectivity index (χ0) is 21.4. The molecular weight excluding hydrogens is 380 g/mol. The van der Waals surface area contributed by atoms with Crippen LogP contribution in [0.15, 0.2) is 42.5 Å². The Morgan fingerprint density at radius 3 is 2.45 bits per heavy atom. The van der Waals surface area contributed by atoms with Gasteiger partial charge in [0.05, 0.1) is 7.11 Å². The molecule has 1 amide bonds. The van der Waals surface area contributed by atoms with E-state index >= 15 is 0 Å². The molecular formula is C22H27F2NO4. The summed E-state index contributed by atoms with van der Waals surface area (Å²) >= 11 is 0. The Bertz CT molecular complexity index is 811. The van der Waals surface area contributed by atoms with Crippen LogP contribution in [0, 0.1) is 0 Å². The fraction of sp³-hybridized carbons (Fsp3) is 0.409. The molecule has 0 aliphatic carbocycles. The smallest absolute Gasteiger partial charge is 0.387 e. The normalized spacial score (nSPS) is 12.0. The molecule has 0 saturated heterocycles. The maximum atomic E-state index is 12.5. The van der Waals surface area contributed by atoms with Crippen LogP contribution in [0.1, 0.15) is 37.8 Å². The van der Waals surface area contributed by atoms with E-state index in [0.717, 1.165) is 11.1 Å². The summed E-state index contributed by atoms with van der Waals surface area (Å²) in [5, 5.41) is 2.79. The monoisotopic (exact) mass is 407 g/mol. The van der Waals surface area contributed by atoms with Crippen LogP contribution in [0.4, 0.5) is 8.78 Å². The van der Waals surface area contributed by atoms with Crippen molar-refractivity contribution < 1.29 is 27.8 Å². The van der Waals surface area contributed by atoms with Gasteiger partial charge in [-0.2, -0.15) is 8.78 Å². The highest BCUT2D eigenvalue weighted by molar-refractivity contribution is 5.80. The third kappa shape index (κ3) is 6.93. The molecule has 2 rings (SSSR count). The fourth-order valence-electron chi connectivity index (χ4n) is 2.74. The number of hydrogen-bond acceptors (Lipinski definition) is 4. The molecule has 0 aliphatic heterocycles. The molecule has 7 heteroatoms. The van der Waals surface area contributed by atoms with E-state index in [-0.39, 0.29) is 17.4 Å². The van der Waals surface area contributed by atoms with Gasteiger partial charge in [-0.25, -0.2) is 0 Å². The van der Waals surface area contributed by atoms with E-state index in [2.05, 4.69) is 23.9 Å². The van der Waals surface area contributed by atoms with Gasteiger partial charge in [-0.05, 0) is 54.7 Å². The standard InChI is InChI=1S/C22H27F2NO4/c1-14(2)17-6-5-7-18(13-17)28-15(3)21(26)25-11-10-16-8-9-19(27-4)20(12-16)29-22(23)24/h5-9,12-15,22H,10-11H2,1-4H3,(H,25,26). The van der Waals surface area contributed by atoms with Gasteiger partial charge >= 0.3 is 6.61 Å². The van der Waals surface area contributed by atoms with Crippen LogP contribution in [0.5, 0.6) is 17.2 Å². The zero-order valence-electron chi connectivity index (χ0n) is 17.1. The molecule has 0 spiro atoms. The average molecular weight is 407 g/mol. The summed E-state index contributed by atoms with van der Waals surface area (Å²) in [5.74, 6) is 0.947. The van der Waals surface area contributed by atoms with Gasteiger partial charge < -0.3 is 19.5 Å². The number of ether oxygens (including phenoxy) is 3. The SMILES string of the molecule is COc1ccc(CCNC(=O)C(C)Oc2cccc(C(C)C)c2)cc1OC(F)F. The molecule has 0 aliphatic rings. The summed E-state index contributed by atoms with van der Waals surface area (Å²) in [6.45, 7) is 3.25. The van der Waals surface area contributed by atoms with E-state index in [9.17, 15) is 13.6 Å². The second-order valence-electron chi connectivity index (χ2n) is 6.89. The van der Waals surface area contributed by atoms with Crippen LogP contribution in [0.2, 0.25) is 0 Å². The molecule has 1 unspecified atom stereocenters. The molecule has 0 saturated carbocycles. The van der Waals surface area contributed by atoms with Gasteiger partial charge in [0, 0.05) is 6.54 Å². The van der Waals surface area contributed by atoms with Crippen LogP contribution >= 0.6 is 0 Å². The maximum absolute atomic E-state index is 12.5. The molecule has 0 radical (unpaired) electrons. The van der Waals surface area contributed by atoms with Crippen molar-refractivity contribution in [2.24, 2.45) is 0 Å². The summed E-state index contributed by atoms with van der Waals surface area (Å²) in [6, 6.07) is 12.4. The quantitative estimate of drug-likeness (QED) is 0.628. The van der Waals surface area contributed by atoms with Gasteiger partial charge in [-0.15, -0.1) is 0 Å². The number of methoxy groups -OCH3 is 1. The lowest BCUT2D eigenvalue weighted by molar-refractivity contribution is -0.127. The van der Waals surface area contributed by atoms with Crippen molar-refractivity contribution in [2.75, 3.05) is 13.7 Å². The second kappa shape index (κ2) is 10.6. The van der Waals surface area contributed by atoms with E-state index < -0.39 is 12.7 Å². The predicted molar refractivity (Wildman–Crippen MR) is 107 cm³/mol. The lowest BCUT2D eigenvalue weighted by Gasteiger charge is -2.16. The Hall–Kier alpha value is -2.83. The van der Waals surface area contributed by atoms with E-state index in [1.807, 2.05) is 24.3 Å². The molecule has 158 valence electrons. The van der Waals surface area contributed by atoms with Crippen molar-refractivity contribution in [1.29, 1.82) is 0 Å². The van der Waals surface area contributed by atoms with E-state index in [4.69, 9.17) is 9.47 Å². The number of hydrogen-bond donors (Lipinski definition) is 1. The maximum Gasteiger partial charge on any atom is 0.387 e. The Labute approximate surface area is 170 Å². The lowest BCUT2D eigenvalue weighted by atomic mass is 10.0. The van der Waals surface area contributed by atoms with Gasteiger partial charge in [-0.3, -0.25) is 4.79 Å². The summed E-state index contributed by atoms with van der Waals surface area (Å²) in [7, 11) is 1.38. The zero-order valence-corrected chi connectivity index (χ0v) is 17.1. The first-order valence-corrected chi connectivity index (χ1v) is 9.46. The highest BCUT2D eigenvalue weighted by atomic mass is 19.3. The van der Waals surface area contributed by atoms with Gasteiger partial charge in [0.1, 0.15) is 5.75 Å². The minimum absolute atomic E-state index is 0.0342. The molecule has 1 N–H and O–H groups in total. The van der Waals surface area contributed by atoms with E-state index in [1.54, 1.807) is 19.1 Å². The first kappa shape index (κ1) is 22.5. The Morgan fingerprint density at radius 1 is 1.03 bits per heavy atom. The molecule has 2 aromatic rings. The Kier molecular flexibility index (Phi) is 8.24. The first-order chi connectivity index (χ1) is 13.8. The van der Waals surface area contributed by atoms with Crippen molar-refractivity contribution >= 4 is 5.91 Å². The molecule has 29 heavy (non-hydrogen) atoms. The van der Waals surface area contributed by atoms with Gasteiger partial charge in [0.15, 0.2) is 17.6 Å². The van der Waals surface area contributed by atoms with Crippen LogP contribution < -0.4 is 19.5 Å². The summed E-state index contributed by atoms with van der Waals surface area (Å²) in [4.78, 5) is 12.3. The van der Waals surface area contributed by atoms with Crippen molar-refractivity contribution in [1.82, 2.24) is 5.32 Å². The third-order valence-electron chi connectivity index (χ3n) is 4.36. The molecule has 5 nitrogen and oxygen atoms in total. The van der Waals surface area contributed by atoms with Crippen molar-refractivity contribution in [2.45, 2.75) is 45.8 Å². The summed E-state index contributed by atoms with van der Waals surface area (Å²) < 4.78 is 40.2. The molecule has 0 aromatic heterocycles. The highest BCUT2D eigenvalue weighted by Gasteiger charge is 2.15. The topological polar surface area (TPSA) is 56.8 Å². The molecule has 2 aromatic carbocycles. The number of alkyl halides is 2. The average Bonchev–Trinajstić information content (AvgIpc) is 2.67. The number of amides is 1. The predicted octanol–water partition coefficient (Wildman–Crippen LogP) is 4.55. The summed E-state index contributed by atoms with van der Waals surface area (Å²) in [5.41, 5.74) is 1.87. The minimum atomic E-state index is -2.94. The summed E-state index contributed by atoms with van der Waals surface area (Å²) in [6.07, 6.45) is -0.212. The molecule has 0 fully saturated rings. The largest absolute Gasteiger partial charge is 0.493 e. The molecule has 0 heterocycles. The number of carbonyl (C=O) groups is 1. The second-order valence-corrected chi connectivity index (χ2v) is 6.89. The lowest BCUT2D eigenvalue weighted by Crippen LogP contribution is -2.37. The third-order valence-corrected chi connectivity index (χ3v) is 4.36. The van der Waals surface area contributed by atoms with Crippen LogP contribution in [0.25, 0.3) is 0 Å². The highest BCUT2D eigenvalue weighted by Crippen LogP contribution is 2.29. The first-order valence-electron chi connectivity index (χ1n) is 9.46.